The third kappa shape index (κ3) is 54.7. The zero-order valence-corrected chi connectivity index (χ0v) is 47.3. The predicted octanol–water partition coefficient (Wildman–Crippen LogP) is 18.6. The van der Waals surface area contributed by atoms with E-state index in [9.17, 15) is 19.0 Å². The Labute approximate surface area is 433 Å². The van der Waals surface area contributed by atoms with Gasteiger partial charge in [0.05, 0.1) is 19.8 Å². The van der Waals surface area contributed by atoms with Crippen molar-refractivity contribution in [1.82, 2.24) is 0 Å². The van der Waals surface area contributed by atoms with Crippen LogP contribution in [0.1, 0.15) is 328 Å². The van der Waals surface area contributed by atoms with Gasteiger partial charge in [0.1, 0.15) is 12.1 Å². The average molecular weight is 1020 g/mol. The SMILES string of the molecule is CCCCCCCCCCCCCCCCCCCCCCCCCCCCCCC(=O)O[C@H](COCCCCCCCCCCCCCCCCCCCCCC)COP(=O)(O)OC[C@H](N)C(=O)O. The number of carbonyl (C=O) groups excluding carboxylic acids is 1. The van der Waals surface area contributed by atoms with Gasteiger partial charge in [-0.1, -0.05) is 309 Å². The maximum Gasteiger partial charge on any atom is 0.472 e. The molecule has 0 aromatic carbocycles. The minimum absolute atomic E-state index is 0.0269. The minimum atomic E-state index is -4.62. The fourth-order valence-electron chi connectivity index (χ4n) is 9.43. The maximum atomic E-state index is 12.8. The van der Waals surface area contributed by atoms with E-state index in [0.717, 1.165) is 38.5 Å². The number of carboxylic acid groups (broad SMARTS) is 1. The molecular weight excluding hydrogens is 898 g/mol. The van der Waals surface area contributed by atoms with Gasteiger partial charge >= 0.3 is 19.8 Å². The third-order valence-electron chi connectivity index (χ3n) is 14.1. The summed E-state index contributed by atoms with van der Waals surface area (Å²) in [7, 11) is -4.62. The lowest BCUT2D eigenvalue weighted by Gasteiger charge is -2.20. The van der Waals surface area contributed by atoms with Crippen molar-refractivity contribution < 1.29 is 42.7 Å². The lowest BCUT2D eigenvalue weighted by Crippen LogP contribution is -2.34. The minimum Gasteiger partial charge on any atom is -0.480 e. The van der Waals surface area contributed by atoms with Crippen molar-refractivity contribution in [1.29, 1.82) is 0 Å². The predicted molar refractivity (Wildman–Crippen MR) is 296 cm³/mol. The van der Waals surface area contributed by atoms with Crippen molar-refractivity contribution in [3.05, 3.63) is 0 Å². The van der Waals surface area contributed by atoms with Crippen molar-refractivity contribution in [3.63, 3.8) is 0 Å². The number of carboxylic acids is 1. The number of unbranched alkanes of at least 4 members (excludes halogenated alkanes) is 46. The first kappa shape index (κ1) is 69.0. The van der Waals surface area contributed by atoms with Crippen LogP contribution in [0.3, 0.4) is 0 Å². The van der Waals surface area contributed by atoms with Gasteiger partial charge in [0, 0.05) is 13.0 Å². The van der Waals surface area contributed by atoms with Crippen LogP contribution in [0, 0.1) is 0 Å². The van der Waals surface area contributed by atoms with Gasteiger partial charge in [0.15, 0.2) is 0 Å². The van der Waals surface area contributed by atoms with Crippen molar-refractivity contribution >= 4 is 19.8 Å². The molecule has 0 aliphatic rings. The van der Waals surface area contributed by atoms with Crippen LogP contribution in [-0.2, 0) is 32.7 Å². The van der Waals surface area contributed by atoms with Crippen molar-refractivity contribution in [3.8, 4) is 0 Å². The highest BCUT2D eigenvalue weighted by atomic mass is 31.2. The van der Waals surface area contributed by atoms with Gasteiger partial charge in [0.25, 0.3) is 0 Å². The monoisotopic (exact) mass is 1020 g/mol. The highest BCUT2D eigenvalue weighted by Gasteiger charge is 2.27. The molecule has 0 aliphatic heterocycles. The second kappa shape index (κ2) is 55.7. The number of hydrogen-bond acceptors (Lipinski definition) is 8. The van der Waals surface area contributed by atoms with E-state index in [1.54, 1.807) is 0 Å². The molecule has 0 radical (unpaired) electrons. The van der Waals surface area contributed by atoms with Crippen LogP contribution < -0.4 is 5.73 Å². The molecule has 0 saturated carbocycles. The molecule has 0 saturated heterocycles. The third-order valence-corrected chi connectivity index (χ3v) is 15.1. The normalized spacial score (nSPS) is 13.4. The molecule has 0 aromatic heterocycles. The second-order valence-electron chi connectivity index (χ2n) is 21.2. The Kier molecular flexibility index (Phi) is 54.9. The number of carbonyl (C=O) groups is 2. The molecule has 0 rings (SSSR count). The van der Waals surface area contributed by atoms with Crippen LogP contribution in [0.5, 0.6) is 0 Å². The average Bonchev–Trinajstić information content (AvgIpc) is 3.34. The number of aliphatic carboxylic acids is 1. The summed E-state index contributed by atoms with van der Waals surface area (Å²) in [6.07, 6.45) is 63.3. The first-order valence-corrected chi connectivity index (χ1v) is 32.1. The Morgan fingerprint density at radius 2 is 0.657 bits per heavy atom. The van der Waals surface area contributed by atoms with E-state index < -0.39 is 45.1 Å². The summed E-state index contributed by atoms with van der Waals surface area (Å²) in [5.41, 5.74) is 5.39. The molecule has 0 bridgehead atoms. The van der Waals surface area contributed by atoms with Gasteiger partial charge in [-0.15, -0.1) is 0 Å². The lowest BCUT2D eigenvalue weighted by atomic mass is 10.0. The number of esters is 1. The summed E-state index contributed by atoms with van der Waals surface area (Å²) >= 11 is 0. The van der Waals surface area contributed by atoms with Crippen LogP contribution in [0.25, 0.3) is 0 Å². The van der Waals surface area contributed by atoms with E-state index in [0.29, 0.717) is 6.61 Å². The van der Waals surface area contributed by atoms with E-state index in [-0.39, 0.29) is 13.0 Å². The van der Waals surface area contributed by atoms with Gasteiger partial charge in [-0.25, -0.2) is 4.57 Å². The number of ether oxygens (including phenoxy) is 2. The van der Waals surface area contributed by atoms with Crippen LogP contribution in [-0.4, -0.2) is 60.5 Å². The zero-order valence-electron chi connectivity index (χ0n) is 46.4. The molecule has 0 amide bonds. The van der Waals surface area contributed by atoms with Crippen LogP contribution in [0.2, 0.25) is 0 Å². The van der Waals surface area contributed by atoms with E-state index in [2.05, 4.69) is 13.8 Å². The highest BCUT2D eigenvalue weighted by Crippen LogP contribution is 2.43. The number of phosphoric acid groups is 1. The summed E-state index contributed by atoms with van der Waals surface area (Å²) in [6.45, 7) is 3.98. The topological polar surface area (TPSA) is 155 Å². The smallest absolute Gasteiger partial charge is 0.472 e. The lowest BCUT2D eigenvalue weighted by molar-refractivity contribution is -0.154. The van der Waals surface area contributed by atoms with E-state index in [1.165, 1.54) is 270 Å². The first-order chi connectivity index (χ1) is 34.2. The summed E-state index contributed by atoms with van der Waals surface area (Å²) in [6, 6.07) is -1.47. The van der Waals surface area contributed by atoms with E-state index in [1.807, 2.05) is 0 Å². The summed E-state index contributed by atoms with van der Waals surface area (Å²) in [4.78, 5) is 33.8. The zero-order chi connectivity index (χ0) is 51.1. The standard InChI is InChI=1S/C59H118NO9P/c1-3-5-7-9-11-13-15-17-19-21-23-25-26-27-28-29-30-31-32-33-35-37-39-41-43-45-47-49-51-58(61)69-56(54-67-70(64,65)68-55-57(60)59(62)63)53-66-52-50-48-46-44-42-40-38-36-34-24-22-20-18-16-14-12-10-8-6-4-2/h56-57H,3-55,60H2,1-2H3,(H,62,63)(H,64,65)/t56-,57+/m1/s1. The molecule has 3 atom stereocenters. The van der Waals surface area contributed by atoms with Crippen LogP contribution in [0.4, 0.5) is 0 Å². The highest BCUT2D eigenvalue weighted by molar-refractivity contribution is 7.47. The maximum absolute atomic E-state index is 12.8. The molecule has 418 valence electrons. The number of nitrogens with two attached hydrogens (primary N) is 1. The van der Waals surface area contributed by atoms with Gasteiger partial charge < -0.3 is 25.2 Å². The van der Waals surface area contributed by atoms with Crippen molar-refractivity contribution in [2.45, 2.75) is 341 Å². The van der Waals surface area contributed by atoms with Gasteiger partial charge in [-0.2, -0.15) is 0 Å². The molecule has 4 N–H and O–H groups in total. The van der Waals surface area contributed by atoms with Gasteiger partial charge in [0.2, 0.25) is 0 Å². The molecule has 0 fully saturated rings. The Hall–Kier alpha value is -1.03. The Bertz CT molecular complexity index is 1130. The molecule has 1 unspecified atom stereocenters. The fraction of sp³-hybridized carbons (Fsp3) is 0.966. The Balaban J connectivity index is 3.95. The summed E-state index contributed by atoms with van der Waals surface area (Å²) in [5, 5.41) is 8.96. The van der Waals surface area contributed by atoms with E-state index >= 15 is 0 Å². The van der Waals surface area contributed by atoms with Gasteiger partial charge in [-0.3, -0.25) is 18.6 Å². The quantitative estimate of drug-likeness (QED) is 0.0305. The molecule has 11 heteroatoms. The molecule has 70 heavy (non-hydrogen) atoms. The fourth-order valence-corrected chi connectivity index (χ4v) is 10.2. The Morgan fingerprint density at radius 3 is 0.943 bits per heavy atom. The first-order valence-electron chi connectivity index (χ1n) is 30.6. The summed E-state index contributed by atoms with van der Waals surface area (Å²) in [5.74, 6) is -1.76. The number of rotatable bonds is 60. The van der Waals surface area contributed by atoms with Crippen molar-refractivity contribution in [2.24, 2.45) is 5.73 Å². The molecule has 10 nitrogen and oxygen atoms in total. The number of hydrogen-bond donors (Lipinski definition) is 3. The molecular formula is C59H118NO9P. The van der Waals surface area contributed by atoms with E-state index in [4.69, 9.17) is 29.4 Å². The molecule has 0 aliphatic carbocycles. The molecule has 0 aromatic rings. The van der Waals surface area contributed by atoms with Crippen LogP contribution >= 0.6 is 7.82 Å². The summed E-state index contributed by atoms with van der Waals surface area (Å²) < 4.78 is 33.7. The molecule has 0 heterocycles. The van der Waals surface area contributed by atoms with Crippen molar-refractivity contribution in [2.75, 3.05) is 26.4 Å². The second-order valence-corrected chi connectivity index (χ2v) is 22.7. The largest absolute Gasteiger partial charge is 0.480 e. The number of phosphoric ester groups is 1. The van der Waals surface area contributed by atoms with Gasteiger partial charge in [-0.05, 0) is 12.8 Å². The molecule has 0 spiro atoms. The Morgan fingerprint density at radius 1 is 0.400 bits per heavy atom. The van der Waals surface area contributed by atoms with Crippen LogP contribution in [0.15, 0.2) is 0 Å².